The second-order valence-corrected chi connectivity index (χ2v) is 4.86. The Labute approximate surface area is 125 Å². The van der Waals surface area contributed by atoms with E-state index in [-0.39, 0.29) is 0 Å². The van der Waals surface area contributed by atoms with Crippen molar-refractivity contribution in [2.45, 2.75) is 39.1 Å². The van der Waals surface area contributed by atoms with Gasteiger partial charge in [-0.05, 0) is 30.7 Å². The van der Waals surface area contributed by atoms with Crippen LogP contribution < -0.4 is 4.74 Å². The Hall–Kier alpha value is -0.810. The highest BCUT2D eigenvalue weighted by molar-refractivity contribution is 6.30. The van der Waals surface area contributed by atoms with Crippen molar-refractivity contribution in [1.29, 1.82) is 0 Å². The van der Waals surface area contributed by atoms with Crippen molar-refractivity contribution in [2.24, 2.45) is 0 Å². The van der Waals surface area contributed by atoms with Gasteiger partial charge in [0.1, 0.15) is 5.75 Å². The van der Waals surface area contributed by atoms with Crippen LogP contribution in [0.4, 0.5) is 0 Å². The third kappa shape index (κ3) is 6.57. The molecule has 0 bridgehead atoms. The zero-order chi connectivity index (χ0) is 14.8. The molecule has 1 aromatic carbocycles. The molecule has 1 aromatic rings. The molecule has 0 spiro atoms. The lowest BCUT2D eigenvalue weighted by Crippen LogP contribution is -2.36. The first-order valence-corrected chi connectivity index (χ1v) is 7.36. The topological polar surface area (TPSA) is 47.9 Å². The molecule has 0 aliphatic carbocycles. The first-order valence-electron chi connectivity index (χ1n) is 6.98. The summed E-state index contributed by atoms with van der Waals surface area (Å²) in [7, 11) is 0. The minimum Gasteiger partial charge on any atom is -0.494 e. The Morgan fingerprint density at radius 1 is 1.05 bits per heavy atom. The quantitative estimate of drug-likeness (QED) is 0.530. The predicted octanol–water partition coefficient (Wildman–Crippen LogP) is 3.61. The third-order valence-corrected chi connectivity index (χ3v) is 2.93. The molecule has 0 fully saturated rings. The summed E-state index contributed by atoms with van der Waals surface area (Å²) < 4.78 is 16.2. The Morgan fingerprint density at radius 2 is 1.70 bits per heavy atom. The van der Waals surface area contributed by atoms with Crippen LogP contribution >= 0.6 is 11.6 Å². The molecule has 0 aliphatic rings. The minimum atomic E-state index is -1.48. The highest BCUT2D eigenvalue weighted by Crippen LogP contribution is 2.17. The summed E-state index contributed by atoms with van der Waals surface area (Å²) in [4.78, 5) is 0. The maximum absolute atomic E-state index is 10.00. The van der Waals surface area contributed by atoms with Gasteiger partial charge >= 0.3 is 0 Å². The molecule has 5 heteroatoms. The number of benzene rings is 1. The molecule has 0 heterocycles. The van der Waals surface area contributed by atoms with Crippen LogP contribution in [0.15, 0.2) is 24.3 Å². The van der Waals surface area contributed by atoms with Crippen molar-refractivity contribution >= 4 is 11.6 Å². The van der Waals surface area contributed by atoms with Crippen molar-refractivity contribution < 1.29 is 19.3 Å². The van der Waals surface area contributed by atoms with Crippen LogP contribution in [0.1, 0.15) is 33.1 Å². The van der Waals surface area contributed by atoms with E-state index in [9.17, 15) is 5.11 Å². The SMILES string of the molecule is CCCOC(O)(CC)OCCCOc1ccc(Cl)cc1. The van der Waals surface area contributed by atoms with E-state index in [1.54, 1.807) is 12.1 Å². The van der Waals surface area contributed by atoms with Gasteiger partial charge in [-0.1, -0.05) is 25.4 Å². The fraction of sp³-hybridized carbons (Fsp3) is 0.600. The van der Waals surface area contributed by atoms with Gasteiger partial charge in [0.25, 0.3) is 5.97 Å². The smallest absolute Gasteiger partial charge is 0.280 e. The highest BCUT2D eigenvalue weighted by Gasteiger charge is 2.25. The molecule has 0 aliphatic heterocycles. The first-order chi connectivity index (χ1) is 9.59. The molecule has 4 nitrogen and oxygen atoms in total. The average molecular weight is 303 g/mol. The number of hydrogen-bond donors (Lipinski definition) is 1. The second-order valence-electron chi connectivity index (χ2n) is 4.42. The summed E-state index contributed by atoms with van der Waals surface area (Å²) in [5.74, 6) is -0.710. The molecule has 1 rings (SSSR count). The standard InChI is InChI=1S/C15H23ClO4/c1-3-10-19-15(17,4-2)20-12-5-11-18-14-8-6-13(16)7-9-14/h6-9,17H,3-5,10-12H2,1-2H3. The predicted molar refractivity (Wildman–Crippen MR) is 79.0 cm³/mol. The molecule has 0 amide bonds. The number of aliphatic hydroxyl groups is 1. The van der Waals surface area contributed by atoms with Gasteiger partial charge in [0, 0.05) is 17.9 Å². The Kier molecular flexibility index (Phi) is 7.92. The van der Waals surface area contributed by atoms with Gasteiger partial charge in [0.15, 0.2) is 0 Å². The molecule has 0 radical (unpaired) electrons. The van der Waals surface area contributed by atoms with Crippen molar-refractivity contribution in [2.75, 3.05) is 19.8 Å². The highest BCUT2D eigenvalue weighted by atomic mass is 35.5. The van der Waals surface area contributed by atoms with Gasteiger partial charge in [0.05, 0.1) is 19.8 Å². The van der Waals surface area contributed by atoms with Gasteiger partial charge in [-0.2, -0.15) is 0 Å². The fourth-order valence-electron chi connectivity index (χ4n) is 1.52. The molecule has 0 saturated heterocycles. The number of rotatable bonds is 10. The van der Waals surface area contributed by atoms with Gasteiger partial charge in [-0.15, -0.1) is 0 Å². The molecule has 1 unspecified atom stereocenters. The number of hydrogen-bond acceptors (Lipinski definition) is 4. The van der Waals surface area contributed by atoms with Crippen molar-refractivity contribution in [1.82, 2.24) is 0 Å². The summed E-state index contributed by atoms with van der Waals surface area (Å²) in [5.41, 5.74) is 0. The van der Waals surface area contributed by atoms with Gasteiger partial charge in [-0.25, -0.2) is 0 Å². The van der Waals surface area contributed by atoms with E-state index in [4.69, 9.17) is 25.8 Å². The number of ether oxygens (including phenoxy) is 3. The van der Waals surface area contributed by atoms with Crippen LogP contribution in [0, 0.1) is 0 Å². The van der Waals surface area contributed by atoms with Gasteiger partial charge in [0.2, 0.25) is 0 Å². The summed E-state index contributed by atoms with van der Waals surface area (Å²) in [6.07, 6.45) is 1.90. The van der Waals surface area contributed by atoms with Crippen molar-refractivity contribution in [3.8, 4) is 5.75 Å². The Morgan fingerprint density at radius 3 is 2.30 bits per heavy atom. The average Bonchev–Trinajstić information content (AvgIpc) is 2.47. The van der Waals surface area contributed by atoms with Gasteiger partial charge in [-0.3, -0.25) is 0 Å². The summed E-state index contributed by atoms with van der Waals surface area (Å²) in [6.45, 7) is 5.17. The summed E-state index contributed by atoms with van der Waals surface area (Å²) >= 11 is 5.79. The normalized spacial score (nSPS) is 14.0. The zero-order valence-electron chi connectivity index (χ0n) is 12.1. The van der Waals surface area contributed by atoms with E-state index < -0.39 is 5.97 Å². The molecular weight excluding hydrogens is 280 g/mol. The van der Waals surface area contributed by atoms with E-state index in [1.165, 1.54) is 0 Å². The molecule has 1 atom stereocenters. The van der Waals surface area contributed by atoms with Crippen LogP contribution in [0.5, 0.6) is 5.75 Å². The Bertz CT molecular complexity index is 369. The largest absolute Gasteiger partial charge is 0.494 e. The number of halogens is 1. The van der Waals surface area contributed by atoms with E-state index in [0.717, 1.165) is 12.2 Å². The van der Waals surface area contributed by atoms with Gasteiger partial charge < -0.3 is 19.3 Å². The molecule has 20 heavy (non-hydrogen) atoms. The first kappa shape index (κ1) is 17.2. The van der Waals surface area contributed by atoms with Crippen LogP contribution in [0.25, 0.3) is 0 Å². The van der Waals surface area contributed by atoms with Crippen molar-refractivity contribution in [3.05, 3.63) is 29.3 Å². The fourth-order valence-corrected chi connectivity index (χ4v) is 1.64. The van der Waals surface area contributed by atoms with E-state index in [0.29, 0.717) is 37.7 Å². The van der Waals surface area contributed by atoms with Crippen LogP contribution in [-0.4, -0.2) is 30.9 Å². The second kappa shape index (κ2) is 9.19. The lowest BCUT2D eigenvalue weighted by atomic mass is 10.3. The third-order valence-electron chi connectivity index (χ3n) is 2.68. The van der Waals surface area contributed by atoms with E-state index in [1.807, 2.05) is 26.0 Å². The molecule has 114 valence electrons. The monoisotopic (exact) mass is 302 g/mol. The molecular formula is C15H23ClO4. The molecule has 0 saturated carbocycles. The lowest BCUT2D eigenvalue weighted by Gasteiger charge is -2.26. The maximum atomic E-state index is 10.00. The molecule has 0 aromatic heterocycles. The van der Waals surface area contributed by atoms with E-state index in [2.05, 4.69) is 0 Å². The molecule has 1 N–H and O–H groups in total. The summed E-state index contributed by atoms with van der Waals surface area (Å²) in [6, 6.07) is 7.19. The van der Waals surface area contributed by atoms with Crippen LogP contribution in [-0.2, 0) is 9.47 Å². The van der Waals surface area contributed by atoms with E-state index >= 15 is 0 Å². The maximum Gasteiger partial charge on any atom is 0.280 e. The van der Waals surface area contributed by atoms with Crippen molar-refractivity contribution in [3.63, 3.8) is 0 Å². The zero-order valence-corrected chi connectivity index (χ0v) is 12.9. The summed E-state index contributed by atoms with van der Waals surface area (Å²) in [5, 5.41) is 10.7. The van der Waals surface area contributed by atoms with Crippen LogP contribution in [0.3, 0.4) is 0 Å². The minimum absolute atomic E-state index is 0.377. The lowest BCUT2D eigenvalue weighted by molar-refractivity contribution is -0.361. The Balaban J connectivity index is 2.18. The van der Waals surface area contributed by atoms with Crippen LogP contribution in [0.2, 0.25) is 5.02 Å².